The summed E-state index contributed by atoms with van der Waals surface area (Å²) >= 11 is 0. The third-order valence-corrected chi connectivity index (χ3v) is 9.94. The van der Waals surface area contributed by atoms with Gasteiger partial charge in [-0.1, -0.05) is 31.7 Å². The zero-order chi connectivity index (χ0) is 31.1. The van der Waals surface area contributed by atoms with Gasteiger partial charge in [-0.25, -0.2) is 28.2 Å². The molecule has 1 atom stereocenters. The molecule has 1 saturated carbocycles. The second kappa shape index (κ2) is 11.6. The van der Waals surface area contributed by atoms with Gasteiger partial charge in [0.1, 0.15) is 11.6 Å². The molecule has 1 aliphatic carbocycles. The SMILES string of the molecule is CC1(C)CC2CN1c1nc(-n3ccc(OCCC4CCCC4)n3)ccc1C(=O)NS(=O)(=O)c1cccc(n1)NCC(F)(F)C2. The third kappa shape index (κ3) is 6.49. The zero-order valence-electron chi connectivity index (χ0n) is 24.8. The Morgan fingerprint density at radius 3 is 2.66 bits per heavy atom. The standard InChI is InChI=1S/C30H37F2N7O4S/c1-29(2)16-21-17-30(31,32)19-33-23-8-5-9-26(34-23)44(41,42)37-28(40)22-10-11-24(35-27(22)38(29)18-21)39-14-12-25(36-39)43-15-13-20-6-3-4-7-20/h5,8-12,14,20-21H,3-4,6-7,13,15-19H2,1-2H3,(H,33,34)(H,37,40). The second-order valence-corrected chi connectivity index (χ2v) is 14.3. The maximum atomic E-state index is 15.2. The lowest BCUT2D eigenvalue weighted by molar-refractivity contribution is -0.00773. The first kappa shape index (κ1) is 30.2. The summed E-state index contributed by atoms with van der Waals surface area (Å²) in [6.45, 7) is 3.86. The van der Waals surface area contributed by atoms with Gasteiger partial charge in [-0.15, -0.1) is 5.10 Å². The maximum absolute atomic E-state index is 15.2. The van der Waals surface area contributed by atoms with Crippen molar-refractivity contribution in [1.82, 2.24) is 24.5 Å². The van der Waals surface area contributed by atoms with E-state index in [0.29, 0.717) is 30.6 Å². The van der Waals surface area contributed by atoms with E-state index >= 15 is 8.78 Å². The number of carbonyl (C=O) groups is 1. The fourth-order valence-electron chi connectivity index (χ4n) is 6.59. The molecular weight excluding hydrogens is 592 g/mol. The van der Waals surface area contributed by atoms with Gasteiger partial charge in [-0.2, -0.15) is 8.42 Å². The molecule has 1 saturated heterocycles. The van der Waals surface area contributed by atoms with Crippen LogP contribution in [-0.4, -0.2) is 65.2 Å². The van der Waals surface area contributed by atoms with Crippen molar-refractivity contribution in [3.8, 4) is 11.7 Å². The Kier molecular flexibility index (Phi) is 7.97. The lowest BCUT2D eigenvalue weighted by Crippen LogP contribution is -2.41. The van der Waals surface area contributed by atoms with Crippen LogP contribution in [0.25, 0.3) is 5.82 Å². The van der Waals surface area contributed by atoms with Crippen LogP contribution in [-0.2, 0) is 10.0 Å². The fraction of sp³-hybridized carbons (Fsp3) is 0.533. The molecule has 4 bridgehead atoms. The fourth-order valence-corrected chi connectivity index (χ4v) is 7.53. The van der Waals surface area contributed by atoms with Gasteiger partial charge in [0.2, 0.25) is 5.88 Å². The molecule has 1 unspecified atom stereocenters. The molecule has 2 aliphatic heterocycles. The molecule has 3 aromatic rings. The minimum absolute atomic E-state index is 0.0119. The average molecular weight is 630 g/mol. The van der Waals surface area contributed by atoms with E-state index < -0.39 is 51.3 Å². The summed E-state index contributed by atoms with van der Waals surface area (Å²) in [7, 11) is -4.44. The molecule has 3 aliphatic rings. The second-order valence-electron chi connectivity index (χ2n) is 12.6. The summed E-state index contributed by atoms with van der Waals surface area (Å²) in [6, 6.07) is 8.74. The number of alkyl halides is 2. The highest BCUT2D eigenvalue weighted by molar-refractivity contribution is 7.90. The molecule has 1 amide bonds. The summed E-state index contributed by atoms with van der Waals surface area (Å²) in [5.41, 5.74) is -0.669. The molecule has 2 fully saturated rings. The zero-order valence-corrected chi connectivity index (χ0v) is 25.6. The van der Waals surface area contributed by atoms with E-state index in [2.05, 4.69) is 20.1 Å². The van der Waals surface area contributed by atoms with E-state index in [1.165, 1.54) is 54.6 Å². The van der Waals surface area contributed by atoms with Crippen LogP contribution in [0.4, 0.5) is 20.4 Å². The summed E-state index contributed by atoms with van der Waals surface area (Å²) in [5, 5.41) is 6.59. The van der Waals surface area contributed by atoms with E-state index in [1.54, 1.807) is 18.3 Å². The molecule has 236 valence electrons. The Morgan fingerprint density at radius 2 is 1.86 bits per heavy atom. The number of sulfonamides is 1. The molecule has 6 rings (SSSR count). The highest BCUT2D eigenvalue weighted by Crippen LogP contribution is 2.42. The number of fused-ring (bicyclic) bond motifs is 6. The summed E-state index contributed by atoms with van der Waals surface area (Å²) in [6.07, 6.45) is 7.69. The van der Waals surface area contributed by atoms with E-state index in [-0.39, 0.29) is 23.7 Å². The van der Waals surface area contributed by atoms with Crippen molar-refractivity contribution in [2.24, 2.45) is 11.8 Å². The van der Waals surface area contributed by atoms with E-state index in [4.69, 9.17) is 9.72 Å². The van der Waals surface area contributed by atoms with Crippen LogP contribution in [0.2, 0.25) is 0 Å². The average Bonchev–Trinajstić information content (AvgIpc) is 3.72. The van der Waals surface area contributed by atoms with Crippen molar-refractivity contribution in [2.45, 2.75) is 75.3 Å². The van der Waals surface area contributed by atoms with Crippen molar-refractivity contribution in [3.05, 3.63) is 48.2 Å². The number of hydrogen-bond acceptors (Lipinski definition) is 9. The topological polar surface area (TPSA) is 131 Å². The smallest absolute Gasteiger partial charge is 0.281 e. The van der Waals surface area contributed by atoms with Gasteiger partial charge in [0.25, 0.3) is 21.9 Å². The van der Waals surface area contributed by atoms with Crippen molar-refractivity contribution < 1.29 is 26.7 Å². The van der Waals surface area contributed by atoms with Crippen LogP contribution >= 0.6 is 0 Å². The van der Waals surface area contributed by atoms with Crippen molar-refractivity contribution in [3.63, 3.8) is 0 Å². The number of carbonyl (C=O) groups excluding carboxylic acids is 1. The third-order valence-electron chi connectivity index (χ3n) is 8.71. The van der Waals surface area contributed by atoms with Gasteiger partial charge in [0.15, 0.2) is 10.8 Å². The van der Waals surface area contributed by atoms with Crippen LogP contribution in [0, 0.1) is 11.8 Å². The van der Waals surface area contributed by atoms with Crippen LogP contribution < -0.4 is 19.7 Å². The summed E-state index contributed by atoms with van der Waals surface area (Å²) in [4.78, 5) is 24.1. The van der Waals surface area contributed by atoms with Crippen LogP contribution in [0.15, 0.2) is 47.6 Å². The van der Waals surface area contributed by atoms with Crippen LogP contribution in [0.5, 0.6) is 5.88 Å². The molecule has 2 N–H and O–H groups in total. The predicted molar refractivity (Wildman–Crippen MR) is 160 cm³/mol. The molecule has 11 nitrogen and oxygen atoms in total. The van der Waals surface area contributed by atoms with Crippen molar-refractivity contribution in [2.75, 3.05) is 29.9 Å². The highest BCUT2D eigenvalue weighted by Gasteiger charge is 2.45. The quantitative estimate of drug-likeness (QED) is 0.409. The lowest BCUT2D eigenvalue weighted by atomic mass is 9.92. The number of ether oxygens (including phenoxy) is 1. The number of hydrogen-bond donors (Lipinski definition) is 2. The Morgan fingerprint density at radius 1 is 1.07 bits per heavy atom. The molecule has 0 radical (unpaired) electrons. The number of nitrogens with zero attached hydrogens (tertiary/aromatic N) is 5. The summed E-state index contributed by atoms with van der Waals surface area (Å²) in [5.74, 6) is -2.77. The number of halogens is 2. The Hall–Kier alpha value is -3.81. The Balaban J connectivity index is 1.34. The Bertz CT molecular complexity index is 1640. The lowest BCUT2D eigenvalue weighted by Gasteiger charge is -2.34. The van der Waals surface area contributed by atoms with Crippen molar-refractivity contribution in [1.29, 1.82) is 0 Å². The van der Waals surface area contributed by atoms with Gasteiger partial charge in [-0.05, 0) is 62.8 Å². The van der Waals surface area contributed by atoms with E-state index in [1.807, 2.05) is 18.7 Å². The normalized spacial score (nSPS) is 22.8. The van der Waals surface area contributed by atoms with Crippen molar-refractivity contribution >= 4 is 27.6 Å². The van der Waals surface area contributed by atoms with Gasteiger partial charge >= 0.3 is 0 Å². The van der Waals surface area contributed by atoms with Gasteiger partial charge < -0.3 is 15.0 Å². The number of anilines is 2. The van der Waals surface area contributed by atoms with E-state index in [0.717, 1.165) is 6.42 Å². The van der Waals surface area contributed by atoms with Gasteiger partial charge in [0, 0.05) is 30.8 Å². The first-order valence-corrected chi connectivity index (χ1v) is 16.5. The number of nitrogens with one attached hydrogen (secondary N) is 2. The number of pyridine rings is 2. The number of rotatable bonds is 5. The molecule has 3 aromatic heterocycles. The molecule has 14 heteroatoms. The van der Waals surface area contributed by atoms with Crippen LogP contribution in [0.1, 0.15) is 69.2 Å². The Labute approximate surface area is 255 Å². The van der Waals surface area contributed by atoms with Crippen LogP contribution in [0.3, 0.4) is 0 Å². The largest absolute Gasteiger partial charge is 0.477 e. The van der Waals surface area contributed by atoms with E-state index in [9.17, 15) is 13.2 Å². The minimum Gasteiger partial charge on any atom is -0.477 e. The summed E-state index contributed by atoms with van der Waals surface area (Å²) < 4.78 is 66.1. The molecular formula is C30H37F2N7O4S. The number of amides is 1. The van der Waals surface area contributed by atoms with Gasteiger partial charge in [-0.3, -0.25) is 4.79 Å². The first-order chi connectivity index (χ1) is 20.9. The van der Waals surface area contributed by atoms with Gasteiger partial charge in [0.05, 0.1) is 18.7 Å². The first-order valence-electron chi connectivity index (χ1n) is 15.0. The molecule has 5 heterocycles. The predicted octanol–water partition coefficient (Wildman–Crippen LogP) is 4.80. The minimum atomic E-state index is -4.44. The maximum Gasteiger partial charge on any atom is 0.281 e. The molecule has 44 heavy (non-hydrogen) atoms. The highest BCUT2D eigenvalue weighted by atomic mass is 32.2. The number of aromatic nitrogens is 4. The monoisotopic (exact) mass is 629 g/mol. The molecule has 0 spiro atoms. The molecule has 0 aromatic carbocycles.